The summed E-state index contributed by atoms with van der Waals surface area (Å²) in [6, 6.07) is 0. The second kappa shape index (κ2) is 4.97. The topological polar surface area (TPSA) is 132 Å². The SMILES string of the molecule is C[C@@]1(N=[N+]=N)O[C@@H](c2csc3c(N)ncnc23)[C@H](Cl)[C@@H]1O. The summed E-state index contributed by atoms with van der Waals surface area (Å²) >= 11 is 7.66. The van der Waals surface area contributed by atoms with Crippen molar-refractivity contribution in [3.8, 4) is 0 Å². The molecule has 1 aliphatic rings. The molecule has 8 nitrogen and oxygen atoms in total. The number of fused-ring (bicyclic) bond motifs is 1. The summed E-state index contributed by atoms with van der Waals surface area (Å²) in [5.41, 5.74) is 12.6. The molecule has 0 bridgehead atoms. The van der Waals surface area contributed by atoms with Crippen LogP contribution in [-0.4, -0.2) is 32.3 Å². The zero-order chi connectivity index (χ0) is 15.2. The fraction of sp³-hybridized carbons (Fsp3) is 0.455. The minimum atomic E-state index is -1.36. The Morgan fingerprint density at radius 2 is 2.38 bits per heavy atom. The molecular weight excluding hydrogens is 316 g/mol. The van der Waals surface area contributed by atoms with Crippen molar-refractivity contribution in [1.82, 2.24) is 14.9 Å². The Hall–Kier alpha value is -1.64. The van der Waals surface area contributed by atoms with E-state index in [1.807, 2.05) is 5.38 Å². The van der Waals surface area contributed by atoms with E-state index in [9.17, 15) is 5.11 Å². The molecule has 1 aliphatic heterocycles. The van der Waals surface area contributed by atoms with Gasteiger partial charge in [0.15, 0.2) is 5.11 Å². The highest BCUT2D eigenvalue weighted by Gasteiger charge is 2.56. The molecule has 2 aromatic heterocycles. The number of anilines is 1. The number of rotatable bonds is 2. The predicted octanol–water partition coefficient (Wildman–Crippen LogP) is 1.58. The Morgan fingerprint density at radius 1 is 1.62 bits per heavy atom. The van der Waals surface area contributed by atoms with E-state index in [2.05, 4.69) is 20.0 Å². The molecule has 0 spiro atoms. The van der Waals surface area contributed by atoms with Gasteiger partial charge in [0.25, 0.3) is 5.72 Å². The van der Waals surface area contributed by atoms with Crippen molar-refractivity contribution < 1.29 is 9.84 Å². The number of nitrogens with zero attached hydrogens (tertiary/aromatic N) is 4. The molecule has 2 aromatic rings. The summed E-state index contributed by atoms with van der Waals surface area (Å²) < 4.78 is 6.49. The summed E-state index contributed by atoms with van der Waals surface area (Å²) in [4.78, 5) is 11.1. The van der Waals surface area contributed by atoms with E-state index in [4.69, 9.17) is 27.6 Å². The Kier molecular flexibility index (Phi) is 3.39. The van der Waals surface area contributed by atoms with Crippen molar-refractivity contribution >= 4 is 39.0 Å². The van der Waals surface area contributed by atoms with E-state index < -0.39 is 23.3 Å². The molecule has 0 unspecified atom stereocenters. The van der Waals surface area contributed by atoms with E-state index in [0.717, 1.165) is 4.70 Å². The Morgan fingerprint density at radius 3 is 3.10 bits per heavy atom. The van der Waals surface area contributed by atoms with Gasteiger partial charge in [-0.2, -0.15) is 0 Å². The highest BCUT2D eigenvalue weighted by molar-refractivity contribution is 7.18. The first kappa shape index (κ1) is 14.3. The van der Waals surface area contributed by atoms with Crippen LogP contribution in [0.5, 0.6) is 0 Å². The summed E-state index contributed by atoms with van der Waals surface area (Å²) in [5, 5.41) is 14.9. The number of aliphatic hydroxyl groups excluding tert-OH is 1. The normalized spacial score (nSPS) is 32.2. The molecule has 0 radical (unpaired) electrons. The van der Waals surface area contributed by atoms with Gasteiger partial charge in [0.1, 0.15) is 29.9 Å². The molecule has 0 saturated carbocycles. The minimum absolute atomic E-state index is 0.384. The molecule has 0 aliphatic carbocycles. The van der Waals surface area contributed by atoms with Crippen molar-refractivity contribution in [2.75, 3.05) is 5.73 Å². The van der Waals surface area contributed by atoms with Crippen molar-refractivity contribution in [3.63, 3.8) is 0 Å². The number of nitrogen functional groups attached to an aromatic ring is 1. The molecule has 4 atom stereocenters. The van der Waals surface area contributed by atoms with Crippen molar-refractivity contribution in [1.29, 1.82) is 5.53 Å². The Balaban J connectivity index is 2.08. The number of alkyl halides is 1. The second-order valence-corrected chi connectivity index (χ2v) is 6.19. The van der Waals surface area contributed by atoms with E-state index in [0.29, 0.717) is 16.9 Å². The smallest absolute Gasteiger partial charge is 0.267 e. The lowest BCUT2D eigenvalue weighted by Gasteiger charge is -2.14. The van der Waals surface area contributed by atoms with Crippen molar-refractivity contribution in [3.05, 3.63) is 17.3 Å². The highest BCUT2D eigenvalue weighted by Crippen LogP contribution is 2.46. The van der Waals surface area contributed by atoms with Crippen LogP contribution in [-0.2, 0) is 4.74 Å². The maximum Gasteiger partial charge on any atom is 0.267 e. The number of hydrogen-bond acceptors (Lipinski definition) is 8. The Labute approximate surface area is 128 Å². The standard InChI is InChI=1S/C11H12ClN6O2S/c1-11(17-18-14)9(19)5(12)7(20-11)4-2-21-8-6(4)15-3-16-10(8)13/h2-3,5,7,9,14,19H,1H3,(H2,13,15,16)/q+1/t5-,7-,9-,11+/m0/s1. The molecule has 110 valence electrons. The van der Waals surface area contributed by atoms with Crippen LogP contribution < -0.4 is 10.6 Å². The van der Waals surface area contributed by atoms with Gasteiger partial charge in [-0.25, -0.2) is 9.97 Å². The second-order valence-electron chi connectivity index (χ2n) is 4.81. The van der Waals surface area contributed by atoms with Crippen LogP contribution in [0, 0.1) is 5.53 Å². The predicted molar refractivity (Wildman–Crippen MR) is 77.0 cm³/mol. The van der Waals surface area contributed by atoms with Gasteiger partial charge >= 0.3 is 0 Å². The summed E-state index contributed by atoms with van der Waals surface area (Å²) in [7, 11) is 0. The van der Waals surface area contributed by atoms with Crippen LogP contribution in [0.4, 0.5) is 5.82 Å². The average molecular weight is 328 g/mol. The molecule has 1 saturated heterocycles. The van der Waals surface area contributed by atoms with Crippen LogP contribution in [0.1, 0.15) is 18.6 Å². The van der Waals surface area contributed by atoms with Crippen molar-refractivity contribution in [2.45, 2.75) is 30.2 Å². The quantitative estimate of drug-likeness (QED) is 0.437. The number of aromatic nitrogens is 2. The van der Waals surface area contributed by atoms with Gasteiger partial charge < -0.3 is 15.6 Å². The van der Waals surface area contributed by atoms with Crippen molar-refractivity contribution in [2.24, 2.45) is 5.11 Å². The molecule has 21 heavy (non-hydrogen) atoms. The molecular formula is C11H12ClN6O2S+. The van der Waals surface area contributed by atoms with Crippen LogP contribution >= 0.6 is 22.9 Å². The third-order valence-corrected chi connectivity index (χ3v) is 4.95. The largest absolute Gasteiger partial charge is 0.386 e. The summed E-state index contributed by atoms with van der Waals surface area (Å²) in [6.07, 6.45) is -0.349. The van der Waals surface area contributed by atoms with E-state index in [1.54, 1.807) is 0 Å². The third kappa shape index (κ3) is 2.10. The highest BCUT2D eigenvalue weighted by atomic mass is 35.5. The van der Waals surface area contributed by atoms with Crippen LogP contribution in [0.15, 0.2) is 16.8 Å². The van der Waals surface area contributed by atoms with E-state index in [-0.39, 0.29) is 0 Å². The lowest BCUT2D eigenvalue weighted by atomic mass is 10.0. The number of thiophene rings is 1. The van der Waals surface area contributed by atoms with Crippen LogP contribution in [0.25, 0.3) is 10.2 Å². The van der Waals surface area contributed by atoms with Gasteiger partial charge in [0.2, 0.25) is 4.91 Å². The van der Waals surface area contributed by atoms with Gasteiger partial charge in [0, 0.05) is 5.56 Å². The number of halogens is 1. The zero-order valence-electron chi connectivity index (χ0n) is 10.9. The van der Waals surface area contributed by atoms with Gasteiger partial charge in [-0.1, -0.05) is 0 Å². The molecule has 4 N–H and O–H groups in total. The van der Waals surface area contributed by atoms with E-state index >= 15 is 0 Å². The molecule has 0 aromatic carbocycles. The Bertz CT molecular complexity index is 747. The number of nitrogens with two attached hydrogens (primary N) is 1. The monoisotopic (exact) mass is 327 g/mol. The maximum atomic E-state index is 10.2. The van der Waals surface area contributed by atoms with Crippen LogP contribution in [0.3, 0.4) is 0 Å². The molecule has 1 fully saturated rings. The van der Waals surface area contributed by atoms with E-state index in [1.165, 1.54) is 24.6 Å². The fourth-order valence-corrected chi connectivity index (χ4v) is 3.73. The summed E-state index contributed by atoms with van der Waals surface area (Å²) in [5.74, 6) is 0.384. The number of aliphatic hydroxyl groups is 1. The number of nitrogens with one attached hydrogen (secondary N) is 1. The van der Waals surface area contributed by atoms with Gasteiger partial charge in [-0.05, 0) is 12.3 Å². The van der Waals surface area contributed by atoms with Gasteiger partial charge in [0.05, 0.1) is 15.6 Å². The lowest BCUT2D eigenvalue weighted by Crippen LogP contribution is -2.37. The fourth-order valence-electron chi connectivity index (χ4n) is 2.36. The number of ether oxygens (including phenoxy) is 1. The zero-order valence-corrected chi connectivity index (χ0v) is 12.5. The van der Waals surface area contributed by atoms with Crippen LogP contribution in [0.2, 0.25) is 0 Å². The third-order valence-electron chi connectivity index (χ3n) is 3.47. The minimum Gasteiger partial charge on any atom is -0.386 e. The lowest BCUT2D eigenvalue weighted by molar-refractivity contribution is -0.0697. The van der Waals surface area contributed by atoms with Gasteiger partial charge in [-0.3, -0.25) is 0 Å². The first-order valence-electron chi connectivity index (χ1n) is 6.04. The van der Waals surface area contributed by atoms with Gasteiger partial charge in [-0.15, -0.1) is 22.9 Å². The summed E-state index contributed by atoms with van der Waals surface area (Å²) in [6.45, 7) is 1.53. The number of hydrogen-bond donors (Lipinski definition) is 3. The molecule has 10 heteroatoms. The first-order chi connectivity index (χ1) is 9.98. The molecule has 3 heterocycles. The first-order valence-corrected chi connectivity index (χ1v) is 7.35. The maximum absolute atomic E-state index is 10.2. The molecule has 0 amide bonds. The average Bonchev–Trinajstić information content (AvgIpc) is 2.96. The molecule has 3 rings (SSSR count).